The summed E-state index contributed by atoms with van der Waals surface area (Å²) in [6.45, 7) is 0. The first kappa shape index (κ1) is 18.3. The lowest BCUT2D eigenvalue weighted by molar-refractivity contribution is -0.119. The van der Waals surface area contributed by atoms with Gasteiger partial charge < -0.3 is 0 Å². The van der Waals surface area contributed by atoms with E-state index in [1.165, 1.54) is 0 Å². The van der Waals surface area contributed by atoms with E-state index in [1.807, 2.05) is 18.3 Å². The molecule has 3 heterocycles. The van der Waals surface area contributed by atoms with Crippen LogP contribution in [0.2, 0.25) is 10.0 Å². The van der Waals surface area contributed by atoms with Crippen LogP contribution in [0.5, 0.6) is 0 Å². The van der Waals surface area contributed by atoms with Crippen LogP contribution in [0, 0.1) is 0 Å². The van der Waals surface area contributed by atoms with Gasteiger partial charge in [-0.15, -0.1) is 0 Å². The minimum atomic E-state index is -0.329. The Hall–Kier alpha value is -2.09. The van der Waals surface area contributed by atoms with Gasteiger partial charge in [0.15, 0.2) is 0 Å². The number of carbonyl (C=O) groups excluding carboxylic acids is 2. The van der Waals surface area contributed by atoms with E-state index in [9.17, 15) is 9.59 Å². The molecular formula is C18H14Cl2N4O2S. The van der Waals surface area contributed by atoms with E-state index in [0.29, 0.717) is 28.4 Å². The second-order valence-corrected chi connectivity index (χ2v) is 8.14. The average Bonchev–Trinajstić information content (AvgIpc) is 3.28. The van der Waals surface area contributed by atoms with Gasteiger partial charge in [-0.05, 0) is 37.0 Å². The van der Waals surface area contributed by atoms with Crippen molar-refractivity contribution >= 4 is 57.0 Å². The fraction of sp³-hybridized carbons (Fsp3) is 0.222. The summed E-state index contributed by atoms with van der Waals surface area (Å²) in [6.07, 6.45) is 5.53. The minimum Gasteiger partial charge on any atom is -0.286 e. The number of rotatable bonds is 5. The van der Waals surface area contributed by atoms with Crippen LogP contribution in [0.1, 0.15) is 18.5 Å². The van der Waals surface area contributed by atoms with Crippen LogP contribution >= 0.6 is 35.0 Å². The SMILES string of the molecule is O=C1NC(=O)C(CCCc2cc(-c3cn[nH]c3)c3ccc(Cl)c(Cl)c3n2)S1. The number of thioether (sulfide) groups is 1. The topological polar surface area (TPSA) is 87.7 Å². The molecule has 2 amide bonds. The van der Waals surface area contributed by atoms with Gasteiger partial charge in [0.05, 0.1) is 27.0 Å². The quantitative estimate of drug-likeness (QED) is 0.629. The standard InChI is InChI=1S/C18H14Cl2N4O2S/c19-13-5-4-11-12(9-7-21-22-8-9)6-10(23-16(11)15(13)20)2-1-3-14-17(25)24-18(26)27-14/h4-8,14H,1-3H2,(H,21,22)(H,24,25,26). The highest BCUT2D eigenvalue weighted by Gasteiger charge is 2.30. The molecule has 1 atom stereocenters. The molecule has 1 unspecified atom stereocenters. The molecule has 1 aliphatic heterocycles. The highest BCUT2D eigenvalue weighted by Crippen LogP contribution is 2.35. The number of nitrogens with one attached hydrogen (secondary N) is 2. The maximum Gasteiger partial charge on any atom is 0.286 e. The van der Waals surface area contributed by atoms with Gasteiger partial charge in [-0.1, -0.05) is 41.0 Å². The largest absolute Gasteiger partial charge is 0.286 e. The number of pyridine rings is 1. The van der Waals surface area contributed by atoms with E-state index in [1.54, 1.807) is 12.3 Å². The van der Waals surface area contributed by atoms with Crippen LogP contribution in [-0.2, 0) is 11.2 Å². The molecule has 138 valence electrons. The number of halogens is 2. The van der Waals surface area contributed by atoms with Gasteiger partial charge in [-0.2, -0.15) is 5.10 Å². The highest BCUT2D eigenvalue weighted by molar-refractivity contribution is 8.15. The van der Waals surface area contributed by atoms with E-state index in [4.69, 9.17) is 23.2 Å². The Kier molecular flexibility index (Phi) is 5.08. The van der Waals surface area contributed by atoms with Crippen LogP contribution in [0.25, 0.3) is 22.0 Å². The zero-order valence-corrected chi connectivity index (χ0v) is 16.3. The van der Waals surface area contributed by atoms with E-state index in [0.717, 1.165) is 40.4 Å². The second-order valence-electron chi connectivity index (χ2n) is 6.18. The molecule has 1 saturated heterocycles. The van der Waals surface area contributed by atoms with Crippen molar-refractivity contribution in [2.24, 2.45) is 0 Å². The smallest absolute Gasteiger partial charge is 0.286 e. The first-order valence-electron chi connectivity index (χ1n) is 8.31. The summed E-state index contributed by atoms with van der Waals surface area (Å²) >= 11 is 13.6. The van der Waals surface area contributed by atoms with E-state index < -0.39 is 0 Å². The molecule has 0 spiro atoms. The van der Waals surface area contributed by atoms with E-state index in [2.05, 4.69) is 20.5 Å². The Labute approximate surface area is 169 Å². The molecule has 0 bridgehead atoms. The molecule has 4 rings (SSSR count). The molecule has 0 radical (unpaired) electrons. The van der Waals surface area contributed by atoms with Gasteiger partial charge in [0.25, 0.3) is 5.24 Å². The van der Waals surface area contributed by atoms with Crippen LogP contribution in [0.3, 0.4) is 0 Å². The van der Waals surface area contributed by atoms with Crippen LogP contribution < -0.4 is 5.32 Å². The Morgan fingerprint density at radius 1 is 1.22 bits per heavy atom. The lowest BCUT2D eigenvalue weighted by atomic mass is 10.0. The molecule has 6 nitrogen and oxygen atoms in total. The third kappa shape index (κ3) is 3.67. The highest BCUT2D eigenvalue weighted by atomic mass is 35.5. The first-order valence-corrected chi connectivity index (χ1v) is 9.95. The van der Waals surface area contributed by atoms with Crippen molar-refractivity contribution in [1.29, 1.82) is 0 Å². The van der Waals surface area contributed by atoms with Gasteiger partial charge in [-0.25, -0.2) is 0 Å². The summed E-state index contributed by atoms with van der Waals surface area (Å²) in [5, 5.41) is 10.3. The summed E-state index contributed by atoms with van der Waals surface area (Å²) in [4.78, 5) is 27.6. The van der Waals surface area contributed by atoms with Crippen molar-refractivity contribution in [1.82, 2.24) is 20.5 Å². The van der Waals surface area contributed by atoms with Crippen LogP contribution in [0.15, 0.2) is 30.6 Å². The number of aryl methyl sites for hydroxylation is 1. The average molecular weight is 421 g/mol. The molecule has 0 aliphatic carbocycles. The summed E-state index contributed by atoms with van der Waals surface area (Å²) in [5.74, 6) is -0.217. The number of hydrogen-bond acceptors (Lipinski definition) is 5. The zero-order valence-electron chi connectivity index (χ0n) is 14.0. The molecule has 3 aromatic rings. The number of amides is 2. The van der Waals surface area contributed by atoms with Gasteiger partial charge in [-0.3, -0.25) is 25.0 Å². The Balaban J connectivity index is 1.64. The predicted molar refractivity (Wildman–Crippen MR) is 107 cm³/mol. The van der Waals surface area contributed by atoms with Crippen molar-refractivity contribution in [3.8, 4) is 11.1 Å². The maximum absolute atomic E-state index is 11.7. The number of imide groups is 1. The monoisotopic (exact) mass is 420 g/mol. The van der Waals surface area contributed by atoms with Crippen LogP contribution in [0.4, 0.5) is 4.79 Å². The normalized spacial score (nSPS) is 16.9. The van der Waals surface area contributed by atoms with Gasteiger partial charge in [0.2, 0.25) is 5.91 Å². The van der Waals surface area contributed by atoms with Crippen molar-refractivity contribution < 1.29 is 9.59 Å². The molecule has 2 N–H and O–H groups in total. The number of H-pyrrole nitrogens is 1. The predicted octanol–water partition coefficient (Wildman–Crippen LogP) is 4.61. The van der Waals surface area contributed by atoms with Crippen LogP contribution in [-0.4, -0.2) is 31.6 Å². The minimum absolute atomic E-state index is 0.217. The fourth-order valence-corrected chi connectivity index (χ4v) is 4.33. The third-order valence-electron chi connectivity index (χ3n) is 4.40. The maximum atomic E-state index is 11.7. The molecule has 1 aromatic carbocycles. The zero-order chi connectivity index (χ0) is 19.0. The lowest BCUT2D eigenvalue weighted by Crippen LogP contribution is -2.24. The first-order chi connectivity index (χ1) is 13.0. The number of nitrogens with zero attached hydrogens (tertiary/aromatic N) is 2. The molecule has 9 heteroatoms. The van der Waals surface area contributed by atoms with Crippen molar-refractivity contribution in [2.45, 2.75) is 24.5 Å². The molecule has 1 aliphatic rings. The van der Waals surface area contributed by atoms with Crippen molar-refractivity contribution in [3.63, 3.8) is 0 Å². The second kappa shape index (κ2) is 7.50. The molecule has 27 heavy (non-hydrogen) atoms. The summed E-state index contributed by atoms with van der Waals surface area (Å²) in [7, 11) is 0. The molecule has 1 fully saturated rings. The number of aromatic amines is 1. The van der Waals surface area contributed by atoms with Crippen molar-refractivity contribution in [2.75, 3.05) is 0 Å². The van der Waals surface area contributed by atoms with Gasteiger partial charge in [0, 0.05) is 22.8 Å². The summed E-state index contributed by atoms with van der Waals surface area (Å²) < 4.78 is 0. The Bertz CT molecular complexity index is 1040. The van der Waals surface area contributed by atoms with Gasteiger partial charge >= 0.3 is 0 Å². The third-order valence-corrected chi connectivity index (χ3v) is 6.25. The number of fused-ring (bicyclic) bond motifs is 1. The lowest BCUT2D eigenvalue weighted by Gasteiger charge is -2.11. The summed E-state index contributed by atoms with van der Waals surface area (Å²) in [5.41, 5.74) is 3.38. The van der Waals surface area contributed by atoms with E-state index >= 15 is 0 Å². The molecule has 2 aromatic heterocycles. The number of carbonyl (C=O) groups is 2. The summed E-state index contributed by atoms with van der Waals surface area (Å²) in [6, 6.07) is 5.66. The number of benzene rings is 1. The Morgan fingerprint density at radius 3 is 2.78 bits per heavy atom. The number of aromatic nitrogens is 3. The van der Waals surface area contributed by atoms with Gasteiger partial charge in [0.1, 0.15) is 0 Å². The number of hydrogen-bond donors (Lipinski definition) is 2. The fourth-order valence-electron chi connectivity index (χ4n) is 3.10. The van der Waals surface area contributed by atoms with E-state index in [-0.39, 0.29) is 16.4 Å². The molecule has 0 saturated carbocycles. The Morgan fingerprint density at radius 2 is 2.07 bits per heavy atom. The molecular weight excluding hydrogens is 407 g/mol. The van der Waals surface area contributed by atoms with Crippen molar-refractivity contribution in [3.05, 3.63) is 46.3 Å².